The number of likely N-dealkylation sites (N-methyl/N-ethyl adjacent to an activating group) is 1. The molecule has 158 valence electrons. The Morgan fingerprint density at radius 3 is 2.28 bits per heavy atom. The van der Waals surface area contributed by atoms with Crippen LogP contribution in [0.25, 0.3) is 0 Å². The Hall–Kier alpha value is -2.49. The predicted octanol–water partition coefficient (Wildman–Crippen LogP) is 3.25. The first-order valence-corrected chi connectivity index (χ1v) is 9.15. The minimum absolute atomic E-state index is 0. The molecule has 0 fully saturated rings. The molecule has 1 amide bonds. The van der Waals surface area contributed by atoms with Crippen LogP contribution < -0.4 is 20.1 Å². The molecule has 0 aliphatic rings. The molecule has 0 unspecified atom stereocenters. The van der Waals surface area contributed by atoms with Crippen LogP contribution in [-0.4, -0.2) is 51.1 Å². The van der Waals surface area contributed by atoms with Crippen molar-refractivity contribution in [2.75, 3.05) is 34.3 Å². The van der Waals surface area contributed by atoms with Crippen molar-refractivity contribution in [2.24, 2.45) is 4.99 Å². The number of guanidine groups is 1. The Balaban J connectivity index is 0.00000420. The highest BCUT2D eigenvalue weighted by molar-refractivity contribution is 14.0. The van der Waals surface area contributed by atoms with Crippen LogP contribution in [0.3, 0.4) is 0 Å². The second-order valence-corrected chi connectivity index (χ2v) is 6.23. The van der Waals surface area contributed by atoms with Crippen molar-refractivity contribution >= 4 is 35.8 Å². The number of hydrogen-bond acceptors (Lipinski definition) is 4. The Bertz CT molecular complexity index is 795. The number of aliphatic imine (C=N–C) groups is 1. The zero-order chi connectivity index (χ0) is 20.4. The van der Waals surface area contributed by atoms with Crippen LogP contribution >= 0.6 is 24.0 Å². The van der Waals surface area contributed by atoms with Crippen molar-refractivity contribution in [1.29, 1.82) is 0 Å². The molecule has 0 saturated carbocycles. The Morgan fingerprint density at radius 2 is 1.69 bits per heavy atom. The molecular weight excluding hydrogens is 483 g/mol. The maximum atomic E-state index is 11.7. The van der Waals surface area contributed by atoms with Gasteiger partial charge < -0.3 is 25.0 Å². The molecule has 29 heavy (non-hydrogen) atoms. The van der Waals surface area contributed by atoms with E-state index in [1.807, 2.05) is 55.5 Å². The third-order valence-corrected chi connectivity index (χ3v) is 3.89. The summed E-state index contributed by atoms with van der Waals surface area (Å²) in [6.07, 6.45) is 0. The molecule has 8 heteroatoms. The molecule has 0 radical (unpaired) electrons. The lowest BCUT2D eigenvalue weighted by Gasteiger charge is -2.14. The van der Waals surface area contributed by atoms with Gasteiger partial charge in [-0.25, -0.2) is 4.99 Å². The molecule has 0 aromatic heterocycles. The van der Waals surface area contributed by atoms with Gasteiger partial charge in [0, 0.05) is 20.6 Å². The average molecular weight is 512 g/mol. The number of ether oxygens (including phenoxy) is 2. The third kappa shape index (κ3) is 8.18. The van der Waals surface area contributed by atoms with E-state index in [0.29, 0.717) is 30.5 Å². The molecule has 0 aliphatic carbocycles. The van der Waals surface area contributed by atoms with E-state index in [-0.39, 0.29) is 36.4 Å². The van der Waals surface area contributed by atoms with Crippen molar-refractivity contribution in [3.8, 4) is 17.2 Å². The highest BCUT2D eigenvalue weighted by Crippen LogP contribution is 2.30. The van der Waals surface area contributed by atoms with Gasteiger partial charge in [0.1, 0.15) is 5.75 Å². The van der Waals surface area contributed by atoms with E-state index in [9.17, 15) is 4.79 Å². The number of nitrogens with one attached hydrogen (secondary N) is 2. The van der Waals surface area contributed by atoms with Gasteiger partial charge >= 0.3 is 0 Å². The molecule has 2 rings (SSSR count). The van der Waals surface area contributed by atoms with Crippen LogP contribution in [0.15, 0.2) is 53.5 Å². The summed E-state index contributed by atoms with van der Waals surface area (Å²) >= 11 is 0. The van der Waals surface area contributed by atoms with Crippen molar-refractivity contribution in [3.05, 3.63) is 54.1 Å². The number of hydrogen-bond donors (Lipinski definition) is 2. The Labute approximate surface area is 189 Å². The maximum Gasteiger partial charge on any atom is 0.241 e. The summed E-state index contributed by atoms with van der Waals surface area (Å²) in [5.41, 5.74) is 1.03. The van der Waals surface area contributed by atoms with E-state index >= 15 is 0 Å². The van der Waals surface area contributed by atoms with Gasteiger partial charge in [0.15, 0.2) is 17.5 Å². The van der Waals surface area contributed by atoms with Gasteiger partial charge in [0.25, 0.3) is 0 Å². The Morgan fingerprint density at radius 1 is 1.03 bits per heavy atom. The minimum Gasteiger partial charge on any atom is -0.493 e. The largest absolute Gasteiger partial charge is 0.493 e. The lowest BCUT2D eigenvalue weighted by atomic mass is 10.2. The van der Waals surface area contributed by atoms with E-state index in [2.05, 4.69) is 15.6 Å². The molecule has 0 atom stereocenters. The fraction of sp³-hybridized carbons (Fsp3) is 0.333. The monoisotopic (exact) mass is 512 g/mol. The van der Waals surface area contributed by atoms with Gasteiger partial charge in [-0.2, -0.15) is 0 Å². The third-order valence-electron chi connectivity index (χ3n) is 3.89. The van der Waals surface area contributed by atoms with Crippen molar-refractivity contribution in [3.63, 3.8) is 0 Å². The van der Waals surface area contributed by atoms with E-state index in [0.717, 1.165) is 11.3 Å². The van der Waals surface area contributed by atoms with Crippen LogP contribution in [-0.2, 0) is 11.3 Å². The lowest BCUT2D eigenvalue weighted by molar-refractivity contribution is -0.127. The number of carbonyl (C=O) groups excluding carboxylic acids is 1. The van der Waals surface area contributed by atoms with Gasteiger partial charge in [-0.1, -0.05) is 24.3 Å². The summed E-state index contributed by atoms with van der Waals surface area (Å²) in [4.78, 5) is 17.8. The molecule has 2 aromatic rings. The second-order valence-electron chi connectivity index (χ2n) is 6.23. The summed E-state index contributed by atoms with van der Waals surface area (Å²) in [5, 5.41) is 6.17. The van der Waals surface area contributed by atoms with Crippen LogP contribution in [0.2, 0.25) is 0 Å². The smallest absolute Gasteiger partial charge is 0.241 e. The van der Waals surface area contributed by atoms with Crippen LogP contribution in [0.1, 0.15) is 12.5 Å². The molecule has 0 aliphatic heterocycles. The molecule has 2 aromatic carbocycles. The first-order chi connectivity index (χ1) is 13.5. The van der Waals surface area contributed by atoms with Gasteiger partial charge in [-0.05, 0) is 36.8 Å². The average Bonchev–Trinajstić information content (AvgIpc) is 2.71. The summed E-state index contributed by atoms with van der Waals surface area (Å²) in [6.45, 7) is 3.38. The molecular formula is C21H29IN4O3. The first kappa shape index (κ1) is 24.5. The molecule has 7 nitrogen and oxygen atoms in total. The molecule has 0 heterocycles. The number of rotatable bonds is 8. The number of methoxy groups -OCH3 is 1. The molecule has 0 saturated heterocycles. The van der Waals surface area contributed by atoms with E-state index in [4.69, 9.17) is 9.47 Å². The van der Waals surface area contributed by atoms with E-state index in [1.54, 1.807) is 21.2 Å². The van der Waals surface area contributed by atoms with Gasteiger partial charge in [-0.15, -0.1) is 24.0 Å². The van der Waals surface area contributed by atoms with E-state index < -0.39 is 0 Å². The molecule has 0 bridgehead atoms. The standard InChI is InChI=1S/C21H28N4O3.HI/c1-5-22-21(24-15-20(26)25(2)3)23-14-16-10-12-17(13-11-16)28-19-9-7-6-8-18(19)27-4;/h6-13H,5,14-15H2,1-4H3,(H2,22,23,24);1H. The Kier molecular flexibility index (Phi) is 10.9. The first-order valence-electron chi connectivity index (χ1n) is 9.15. The number of para-hydroxylation sites is 2. The summed E-state index contributed by atoms with van der Waals surface area (Å²) in [5.74, 6) is 2.67. The summed E-state index contributed by atoms with van der Waals surface area (Å²) in [6, 6.07) is 15.2. The van der Waals surface area contributed by atoms with Crippen LogP contribution in [0, 0.1) is 0 Å². The molecule has 0 spiro atoms. The van der Waals surface area contributed by atoms with Crippen LogP contribution in [0.5, 0.6) is 17.2 Å². The zero-order valence-electron chi connectivity index (χ0n) is 17.3. The highest BCUT2D eigenvalue weighted by Gasteiger charge is 2.06. The second kappa shape index (κ2) is 12.9. The number of amides is 1. The highest BCUT2D eigenvalue weighted by atomic mass is 127. The van der Waals surface area contributed by atoms with E-state index in [1.165, 1.54) is 4.90 Å². The lowest BCUT2D eigenvalue weighted by Crippen LogP contribution is -2.42. The van der Waals surface area contributed by atoms with Crippen LogP contribution in [0.4, 0.5) is 0 Å². The number of nitrogens with zero attached hydrogens (tertiary/aromatic N) is 2. The normalized spacial score (nSPS) is 10.6. The fourth-order valence-corrected chi connectivity index (χ4v) is 2.32. The van der Waals surface area contributed by atoms with Crippen molar-refractivity contribution in [2.45, 2.75) is 13.5 Å². The predicted molar refractivity (Wildman–Crippen MR) is 126 cm³/mol. The summed E-state index contributed by atoms with van der Waals surface area (Å²) < 4.78 is 11.2. The topological polar surface area (TPSA) is 75.2 Å². The van der Waals surface area contributed by atoms with Crippen molar-refractivity contribution < 1.29 is 14.3 Å². The fourth-order valence-electron chi connectivity index (χ4n) is 2.32. The van der Waals surface area contributed by atoms with Gasteiger partial charge in [0.05, 0.1) is 20.2 Å². The summed E-state index contributed by atoms with van der Waals surface area (Å²) in [7, 11) is 5.07. The van der Waals surface area contributed by atoms with Gasteiger partial charge in [-0.3, -0.25) is 4.79 Å². The number of carbonyl (C=O) groups is 1. The number of halogens is 1. The zero-order valence-corrected chi connectivity index (χ0v) is 19.6. The molecule has 2 N–H and O–H groups in total. The maximum absolute atomic E-state index is 11.7. The van der Waals surface area contributed by atoms with Crippen molar-refractivity contribution in [1.82, 2.24) is 15.5 Å². The SMILES string of the molecule is CCNC(=NCc1ccc(Oc2ccccc2OC)cc1)NCC(=O)N(C)C.I. The quantitative estimate of drug-likeness (QED) is 0.323. The number of benzene rings is 2. The van der Waals surface area contributed by atoms with Gasteiger partial charge in [0.2, 0.25) is 5.91 Å². The minimum atomic E-state index is -0.0107.